The van der Waals surface area contributed by atoms with Crippen LogP contribution in [0.1, 0.15) is 40.0 Å². The maximum absolute atomic E-state index is 3.04. The van der Waals surface area contributed by atoms with Crippen molar-refractivity contribution < 1.29 is 0 Å². The van der Waals surface area contributed by atoms with Gasteiger partial charge in [0.05, 0.1) is 0 Å². The van der Waals surface area contributed by atoms with E-state index in [1.807, 2.05) is 6.92 Å². The van der Waals surface area contributed by atoms with Gasteiger partial charge in [-0.15, -0.1) is 0 Å². The molecule has 0 radical (unpaired) electrons. The van der Waals surface area contributed by atoms with Crippen LogP contribution in [0.4, 0.5) is 0 Å². The van der Waals surface area contributed by atoms with E-state index in [-0.39, 0.29) is 0 Å². The first kappa shape index (κ1) is 10.4. The smallest absolute Gasteiger partial charge is 0.0339 e. The molecule has 0 spiro atoms. The molecule has 1 heteroatoms. The molecule has 0 fully saturated rings. The third-order valence-electron chi connectivity index (χ3n) is 1.92. The zero-order chi connectivity index (χ0) is 8.69. The Morgan fingerprint density at radius 1 is 1.45 bits per heavy atom. The molecule has 0 N–H and O–H groups in total. The third-order valence-corrected chi connectivity index (χ3v) is 1.92. The molecule has 1 unspecified atom stereocenters. The average molecular weight is 153 g/mol. The predicted molar refractivity (Wildman–Crippen MR) is 50.2 cm³/mol. The van der Waals surface area contributed by atoms with Gasteiger partial charge in [0.25, 0.3) is 0 Å². The lowest BCUT2D eigenvalue weighted by molar-refractivity contribution is 0.345. The Labute approximate surface area is 70.8 Å². The molecule has 0 heterocycles. The van der Waals surface area contributed by atoms with E-state index in [4.69, 9.17) is 0 Å². The molecule has 11 heavy (non-hydrogen) atoms. The predicted octanol–water partition coefficient (Wildman–Crippen LogP) is 2.48. The van der Waals surface area contributed by atoms with Gasteiger partial charge in [0.15, 0.2) is 0 Å². The fourth-order valence-electron chi connectivity index (χ4n) is 0.980. The van der Waals surface area contributed by atoms with Crippen molar-refractivity contribution in [2.75, 3.05) is 7.05 Å². The standard InChI is InChI=1S/C10H19N/c1-5-7-8-10(3)11(4)9-6-2/h10H,5,7-8H2,1-4H3. The molecular formula is C10H19N. The molecule has 0 aromatic rings. The molecule has 0 aliphatic rings. The quantitative estimate of drug-likeness (QED) is 0.443. The Bertz CT molecular complexity index is 141. The van der Waals surface area contributed by atoms with Gasteiger partial charge < -0.3 is 4.90 Å². The first-order valence-electron chi connectivity index (χ1n) is 4.37. The number of hydrogen-bond donors (Lipinski definition) is 0. The van der Waals surface area contributed by atoms with Crippen molar-refractivity contribution in [3.05, 3.63) is 0 Å². The van der Waals surface area contributed by atoms with E-state index in [0.717, 1.165) is 0 Å². The van der Waals surface area contributed by atoms with Gasteiger partial charge >= 0.3 is 0 Å². The topological polar surface area (TPSA) is 3.24 Å². The van der Waals surface area contributed by atoms with Gasteiger partial charge in [0.1, 0.15) is 0 Å². The molecule has 1 nitrogen and oxygen atoms in total. The maximum Gasteiger partial charge on any atom is 0.0339 e. The van der Waals surface area contributed by atoms with Crippen LogP contribution in [0.5, 0.6) is 0 Å². The summed E-state index contributed by atoms with van der Waals surface area (Å²) in [6.07, 6.45) is 3.83. The second kappa shape index (κ2) is 6.09. The number of unbranched alkanes of at least 4 members (excludes halogenated alkanes) is 1. The summed E-state index contributed by atoms with van der Waals surface area (Å²) in [5.74, 6) is 2.90. The van der Waals surface area contributed by atoms with Crippen molar-refractivity contribution in [1.29, 1.82) is 0 Å². The Morgan fingerprint density at radius 2 is 2.09 bits per heavy atom. The lowest BCUT2D eigenvalue weighted by Gasteiger charge is -2.19. The molecule has 64 valence electrons. The summed E-state index contributed by atoms with van der Waals surface area (Å²) >= 11 is 0. The number of rotatable bonds is 4. The van der Waals surface area contributed by atoms with Crippen LogP contribution >= 0.6 is 0 Å². The molecule has 0 aliphatic heterocycles. The van der Waals surface area contributed by atoms with Crippen LogP contribution in [-0.2, 0) is 0 Å². The van der Waals surface area contributed by atoms with Gasteiger partial charge in [-0.1, -0.05) is 25.7 Å². The summed E-state index contributed by atoms with van der Waals surface area (Å²) in [5, 5.41) is 0. The van der Waals surface area contributed by atoms with E-state index in [1.54, 1.807) is 0 Å². The van der Waals surface area contributed by atoms with Crippen LogP contribution < -0.4 is 0 Å². The molecule has 0 aliphatic carbocycles. The van der Waals surface area contributed by atoms with Crippen molar-refractivity contribution in [2.24, 2.45) is 0 Å². The van der Waals surface area contributed by atoms with Crippen LogP contribution in [0.2, 0.25) is 0 Å². The highest BCUT2D eigenvalue weighted by Gasteiger charge is 2.03. The van der Waals surface area contributed by atoms with Crippen molar-refractivity contribution in [1.82, 2.24) is 4.90 Å². The molecule has 0 bridgehead atoms. The zero-order valence-corrected chi connectivity index (χ0v) is 8.15. The molecule has 0 saturated carbocycles. The monoisotopic (exact) mass is 153 g/mol. The summed E-state index contributed by atoms with van der Waals surface area (Å²) in [7, 11) is 2.05. The Morgan fingerprint density at radius 3 is 2.55 bits per heavy atom. The Kier molecular flexibility index (Phi) is 5.74. The highest BCUT2D eigenvalue weighted by molar-refractivity contribution is 4.95. The van der Waals surface area contributed by atoms with E-state index in [1.165, 1.54) is 19.3 Å². The molecule has 0 saturated heterocycles. The third kappa shape index (κ3) is 4.72. The van der Waals surface area contributed by atoms with Gasteiger partial charge in [0, 0.05) is 19.1 Å². The highest BCUT2D eigenvalue weighted by atomic mass is 15.1. The second-order valence-electron chi connectivity index (χ2n) is 2.96. The number of nitrogens with zero attached hydrogens (tertiary/aromatic N) is 1. The van der Waals surface area contributed by atoms with Gasteiger partial charge in [-0.3, -0.25) is 0 Å². The summed E-state index contributed by atoms with van der Waals surface area (Å²) in [6, 6.07) is 3.64. The van der Waals surface area contributed by atoms with Crippen molar-refractivity contribution in [3.8, 4) is 12.0 Å². The van der Waals surface area contributed by atoms with Crippen molar-refractivity contribution in [3.63, 3.8) is 0 Å². The van der Waals surface area contributed by atoms with Gasteiger partial charge in [-0.25, -0.2) is 0 Å². The minimum absolute atomic E-state index is 0.599. The minimum atomic E-state index is 0.599. The molecular weight excluding hydrogens is 134 g/mol. The van der Waals surface area contributed by atoms with Crippen molar-refractivity contribution >= 4 is 0 Å². The lowest BCUT2D eigenvalue weighted by atomic mass is 10.1. The van der Waals surface area contributed by atoms with Crippen LogP contribution in [0, 0.1) is 12.0 Å². The minimum Gasteiger partial charge on any atom is -0.333 e. The molecule has 0 aromatic heterocycles. The first-order chi connectivity index (χ1) is 5.22. The van der Waals surface area contributed by atoms with E-state index in [9.17, 15) is 0 Å². The van der Waals surface area contributed by atoms with Crippen LogP contribution in [0.15, 0.2) is 0 Å². The van der Waals surface area contributed by atoms with Gasteiger partial charge in [-0.2, -0.15) is 0 Å². The van der Waals surface area contributed by atoms with E-state index in [2.05, 4.69) is 37.8 Å². The largest absolute Gasteiger partial charge is 0.333 e. The highest BCUT2D eigenvalue weighted by Crippen LogP contribution is 2.04. The SMILES string of the molecule is CC#CN(C)C(C)CCCC. The van der Waals surface area contributed by atoms with Crippen LogP contribution in [0.3, 0.4) is 0 Å². The van der Waals surface area contributed by atoms with Gasteiger partial charge in [-0.05, 0) is 20.3 Å². The second-order valence-corrected chi connectivity index (χ2v) is 2.96. The Hall–Kier alpha value is -0.640. The van der Waals surface area contributed by atoms with Gasteiger partial charge in [0.2, 0.25) is 0 Å². The summed E-state index contributed by atoms with van der Waals surface area (Å²) in [5.41, 5.74) is 0. The summed E-state index contributed by atoms with van der Waals surface area (Å²) in [4.78, 5) is 2.09. The van der Waals surface area contributed by atoms with E-state index < -0.39 is 0 Å². The van der Waals surface area contributed by atoms with Crippen LogP contribution in [0.25, 0.3) is 0 Å². The van der Waals surface area contributed by atoms with Crippen molar-refractivity contribution in [2.45, 2.75) is 46.1 Å². The zero-order valence-electron chi connectivity index (χ0n) is 8.15. The first-order valence-corrected chi connectivity index (χ1v) is 4.37. The maximum atomic E-state index is 3.04. The fraction of sp³-hybridized carbons (Fsp3) is 0.800. The molecule has 0 amide bonds. The molecule has 0 aromatic carbocycles. The van der Waals surface area contributed by atoms with E-state index in [0.29, 0.717) is 6.04 Å². The fourth-order valence-corrected chi connectivity index (χ4v) is 0.980. The van der Waals surface area contributed by atoms with Crippen LogP contribution in [-0.4, -0.2) is 18.0 Å². The molecule has 0 rings (SSSR count). The van der Waals surface area contributed by atoms with E-state index >= 15 is 0 Å². The average Bonchev–Trinajstić information content (AvgIpc) is 2.00. The number of hydrogen-bond acceptors (Lipinski definition) is 1. The summed E-state index contributed by atoms with van der Waals surface area (Å²) in [6.45, 7) is 6.32. The summed E-state index contributed by atoms with van der Waals surface area (Å²) < 4.78 is 0. The normalized spacial score (nSPS) is 11.6. The lowest BCUT2D eigenvalue weighted by Crippen LogP contribution is -2.23. The molecule has 1 atom stereocenters. The Balaban J connectivity index is 3.60.